The van der Waals surface area contributed by atoms with Crippen molar-refractivity contribution < 1.29 is 4.79 Å². The lowest BCUT2D eigenvalue weighted by Crippen LogP contribution is -2.36. The third kappa shape index (κ3) is 7.76. The monoisotopic (exact) mass is 500 g/mol. The molecule has 146 valence electrons. The quantitative estimate of drug-likeness (QED) is 0.359. The number of aliphatic imine (C=N–C) groups is 1. The van der Waals surface area contributed by atoms with E-state index in [0.717, 1.165) is 28.7 Å². The molecule has 0 spiro atoms. The van der Waals surface area contributed by atoms with Crippen molar-refractivity contribution in [1.82, 2.24) is 15.5 Å². The summed E-state index contributed by atoms with van der Waals surface area (Å²) in [5.74, 6) is 0.744. The maximum absolute atomic E-state index is 11.9. The number of amides is 1. The first kappa shape index (κ1) is 23.2. The minimum Gasteiger partial charge on any atom is -0.357 e. The van der Waals surface area contributed by atoms with E-state index in [1.54, 1.807) is 19.0 Å². The molecule has 0 aliphatic rings. The highest BCUT2D eigenvalue weighted by Crippen LogP contribution is 2.09. The van der Waals surface area contributed by atoms with Crippen molar-refractivity contribution in [3.63, 3.8) is 0 Å². The average Bonchev–Trinajstić information content (AvgIpc) is 2.65. The van der Waals surface area contributed by atoms with Gasteiger partial charge in [-0.05, 0) is 42.3 Å². The highest BCUT2D eigenvalue weighted by Gasteiger charge is 2.07. The highest BCUT2D eigenvalue weighted by molar-refractivity contribution is 14.0. The lowest BCUT2D eigenvalue weighted by Gasteiger charge is -2.12. The molecule has 2 rings (SSSR count). The molecule has 0 heterocycles. The van der Waals surface area contributed by atoms with Crippen LogP contribution < -0.4 is 10.6 Å². The summed E-state index contributed by atoms with van der Waals surface area (Å²) >= 11 is 5.91. The van der Waals surface area contributed by atoms with Crippen molar-refractivity contribution in [2.75, 3.05) is 20.6 Å². The second-order valence-electron chi connectivity index (χ2n) is 6.07. The first-order valence-electron chi connectivity index (χ1n) is 8.57. The van der Waals surface area contributed by atoms with E-state index >= 15 is 0 Å². The predicted octanol–water partition coefficient (Wildman–Crippen LogP) is 3.92. The summed E-state index contributed by atoms with van der Waals surface area (Å²) in [6.45, 7) is 4.01. The van der Waals surface area contributed by atoms with E-state index < -0.39 is 0 Å². The Kier molecular flexibility index (Phi) is 10.2. The van der Waals surface area contributed by atoms with E-state index in [-0.39, 0.29) is 29.9 Å². The number of carbonyl (C=O) groups is 1. The van der Waals surface area contributed by atoms with Crippen LogP contribution >= 0.6 is 35.6 Å². The third-order valence-electron chi connectivity index (χ3n) is 3.74. The molecule has 0 aliphatic carbocycles. The molecular formula is C20H26ClIN4O. The van der Waals surface area contributed by atoms with Gasteiger partial charge >= 0.3 is 0 Å². The van der Waals surface area contributed by atoms with Crippen molar-refractivity contribution in [3.8, 4) is 0 Å². The molecule has 2 aromatic rings. The summed E-state index contributed by atoms with van der Waals surface area (Å²) in [7, 11) is 3.49. The first-order valence-corrected chi connectivity index (χ1v) is 8.94. The molecule has 0 unspecified atom stereocenters. The predicted molar refractivity (Wildman–Crippen MR) is 123 cm³/mol. The zero-order valence-electron chi connectivity index (χ0n) is 15.8. The van der Waals surface area contributed by atoms with Gasteiger partial charge in [-0.3, -0.25) is 4.79 Å². The van der Waals surface area contributed by atoms with Crippen LogP contribution in [0.2, 0.25) is 5.02 Å². The van der Waals surface area contributed by atoms with Gasteiger partial charge in [0.05, 0.1) is 6.54 Å². The Morgan fingerprint density at radius 3 is 2.15 bits per heavy atom. The van der Waals surface area contributed by atoms with Gasteiger partial charge in [-0.1, -0.05) is 35.9 Å². The van der Waals surface area contributed by atoms with Gasteiger partial charge in [-0.25, -0.2) is 4.99 Å². The molecule has 1 amide bonds. The summed E-state index contributed by atoms with van der Waals surface area (Å²) in [6.07, 6.45) is 0. The van der Waals surface area contributed by atoms with E-state index in [0.29, 0.717) is 18.7 Å². The molecule has 0 aliphatic heterocycles. The molecule has 27 heavy (non-hydrogen) atoms. The zero-order valence-corrected chi connectivity index (χ0v) is 18.9. The van der Waals surface area contributed by atoms with Crippen LogP contribution in [0, 0.1) is 0 Å². The Bertz CT molecular complexity index is 746. The minimum absolute atomic E-state index is 0. The van der Waals surface area contributed by atoms with E-state index in [2.05, 4.69) is 15.6 Å². The van der Waals surface area contributed by atoms with Crippen LogP contribution in [0.3, 0.4) is 0 Å². The molecule has 0 atom stereocenters. The smallest absolute Gasteiger partial charge is 0.253 e. The largest absolute Gasteiger partial charge is 0.357 e. The number of guanidine groups is 1. The second kappa shape index (κ2) is 11.8. The summed E-state index contributed by atoms with van der Waals surface area (Å²) < 4.78 is 0. The van der Waals surface area contributed by atoms with Crippen molar-refractivity contribution in [2.45, 2.75) is 20.0 Å². The number of benzene rings is 2. The molecule has 7 heteroatoms. The van der Waals surface area contributed by atoms with Gasteiger partial charge in [0.2, 0.25) is 0 Å². The Balaban J connectivity index is 0.00000364. The van der Waals surface area contributed by atoms with E-state index in [1.165, 1.54) is 0 Å². The SMILES string of the molecule is CCNC(=NCc1ccc(C(=O)N(C)C)cc1)NCc1ccc(Cl)cc1.I. The van der Waals surface area contributed by atoms with Gasteiger partial charge < -0.3 is 15.5 Å². The normalized spacial score (nSPS) is 10.7. The molecule has 0 radical (unpaired) electrons. The summed E-state index contributed by atoms with van der Waals surface area (Å²) in [6, 6.07) is 15.3. The van der Waals surface area contributed by atoms with E-state index in [9.17, 15) is 4.79 Å². The van der Waals surface area contributed by atoms with Crippen LogP contribution in [0.4, 0.5) is 0 Å². The molecule has 0 saturated heterocycles. The molecule has 0 bridgehead atoms. The van der Waals surface area contributed by atoms with Crippen LogP contribution in [0.15, 0.2) is 53.5 Å². The zero-order chi connectivity index (χ0) is 18.9. The molecule has 2 aromatic carbocycles. The number of rotatable bonds is 6. The van der Waals surface area contributed by atoms with Crippen molar-refractivity contribution in [1.29, 1.82) is 0 Å². The van der Waals surface area contributed by atoms with Crippen LogP contribution in [0.5, 0.6) is 0 Å². The standard InChI is InChI=1S/C20H25ClN4O.HI/c1-4-22-20(24-14-16-7-11-18(21)12-8-16)23-13-15-5-9-17(10-6-15)19(26)25(2)3;/h5-12H,4,13-14H2,1-3H3,(H2,22,23,24);1H. The fourth-order valence-electron chi connectivity index (χ4n) is 2.31. The third-order valence-corrected chi connectivity index (χ3v) is 4.00. The topological polar surface area (TPSA) is 56.7 Å². The van der Waals surface area contributed by atoms with E-state index in [1.807, 2.05) is 55.5 Å². The fourth-order valence-corrected chi connectivity index (χ4v) is 2.44. The van der Waals surface area contributed by atoms with Crippen molar-refractivity contribution >= 4 is 47.4 Å². The van der Waals surface area contributed by atoms with Gasteiger partial charge in [0.1, 0.15) is 0 Å². The lowest BCUT2D eigenvalue weighted by molar-refractivity contribution is 0.0827. The van der Waals surface area contributed by atoms with Gasteiger partial charge in [-0.15, -0.1) is 24.0 Å². The highest BCUT2D eigenvalue weighted by atomic mass is 127. The second-order valence-corrected chi connectivity index (χ2v) is 6.51. The van der Waals surface area contributed by atoms with Gasteiger partial charge in [0.15, 0.2) is 5.96 Å². The number of hydrogen-bond acceptors (Lipinski definition) is 2. The maximum Gasteiger partial charge on any atom is 0.253 e. The Morgan fingerprint density at radius 2 is 1.59 bits per heavy atom. The van der Waals surface area contributed by atoms with Gasteiger partial charge in [0.25, 0.3) is 5.91 Å². The minimum atomic E-state index is -0.00183. The Labute approximate surface area is 183 Å². The van der Waals surface area contributed by atoms with E-state index in [4.69, 9.17) is 11.6 Å². The number of hydrogen-bond donors (Lipinski definition) is 2. The Hall–Kier alpha value is -1.80. The van der Waals surface area contributed by atoms with Crippen LogP contribution in [-0.4, -0.2) is 37.4 Å². The maximum atomic E-state index is 11.9. The molecule has 0 fully saturated rings. The van der Waals surface area contributed by atoms with Gasteiger partial charge in [-0.2, -0.15) is 0 Å². The molecule has 0 saturated carbocycles. The van der Waals surface area contributed by atoms with Crippen LogP contribution in [0.25, 0.3) is 0 Å². The first-order chi connectivity index (χ1) is 12.5. The molecule has 2 N–H and O–H groups in total. The molecule has 5 nitrogen and oxygen atoms in total. The summed E-state index contributed by atoms with van der Waals surface area (Å²) in [4.78, 5) is 18.1. The summed E-state index contributed by atoms with van der Waals surface area (Å²) in [5.41, 5.74) is 2.85. The molecule has 0 aromatic heterocycles. The lowest BCUT2D eigenvalue weighted by atomic mass is 10.1. The van der Waals surface area contributed by atoms with Gasteiger partial charge in [0, 0.05) is 37.8 Å². The van der Waals surface area contributed by atoms with Crippen LogP contribution in [-0.2, 0) is 13.1 Å². The average molecular weight is 501 g/mol. The Morgan fingerprint density at radius 1 is 1.00 bits per heavy atom. The van der Waals surface area contributed by atoms with Crippen molar-refractivity contribution in [2.24, 2.45) is 4.99 Å². The number of carbonyl (C=O) groups excluding carboxylic acids is 1. The fraction of sp³-hybridized carbons (Fsp3) is 0.300. The van der Waals surface area contributed by atoms with Crippen molar-refractivity contribution in [3.05, 3.63) is 70.2 Å². The number of nitrogens with zero attached hydrogens (tertiary/aromatic N) is 2. The molecular weight excluding hydrogens is 475 g/mol. The van der Waals surface area contributed by atoms with Crippen LogP contribution in [0.1, 0.15) is 28.4 Å². The number of nitrogens with one attached hydrogen (secondary N) is 2. The number of halogens is 2. The summed E-state index contributed by atoms with van der Waals surface area (Å²) in [5, 5.41) is 7.26.